The third-order valence-corrected chi connectivity index (χ3v) is 6.57. The molecule has 5 rings (SSSR count). The molecule has 0 bridgehead atoms. The number of aryl methyl sites for hydroxylation is 1. The summed E-state index contributed by atoms with van der Waals surface area (Å²) in [5.74, 6) is 0.131. The van der Waals surface area contributed by atoms with Crippen LogP contribution in [0.3, 0.4) is 0 Å². The number of pyridine rings is 2. The standard InChI is InChI=1S/C23H26FN5O2/c1-15-8-17(13-28-22(15)26-14-27-28)9-16-2-4-18(5-3-16)23(30)29-21(6-7-31-29)19-10-20(24)12-25-11-19/h8,10-14,16,18,21H,2-7,9H2,1H3/t16?,18?,21-/m0/s1. The maximum Gasteiger partial charge on any atom is 0.249 e. The van der Waals surface area contributed by atoms with Crippen molar-refractivity contribution in [1.82, 2.24) is 24.6 Å². The number of rotatable bonds is 4. The first-order valence-electron chi connectivity index (χ1n) is 10.9. The maximum absolute atomic E-state index is 13.6. The highest BCUT2D eigenvalue weighted by atomic mass is 19.1. The first-order chi connectivity index (χ1) is 15.1. The van der Waals surface area contributed by atoms with E-state index in [1.54, 1.807) is 12.5 Å². The lowest BCUT2D eigenvalue weighted by molar-refractivity contribution is -0.183. The lowest BCUT2D eigenvalue weighted by Gasteiger charge is -2.32. The van der Waals surface area contributed by atoms with Crippen molar-refractivity contribution in [2.45, 2.75) is 51.5 Å². The van der Waals surface area contributed by atoms with Gasteiger partial charge in [0.05, 0.1) is 18.8 Å². The van der Waals surface area contributed by atoms with E-state index in [1.165, 1.54) is 22.9 Å². The summed E-state index contributed by atoms with van der Waals surface area (Å²) in [6.45, 7) is 2.52. The van der Waals surface area contributed by atoms with Crippen LogP contribution in [0, 0.1) is 24.6 Å². The van der Waals surface area contributed by atoms with Crippen molar-refractivity contribution >= 4 is 11.6 Å². The zero-order valence-corrected chi connectivity index (χ0v) is 17.6. The summed E-state index contributed by atoms with van der Waals surface area (Å²) in [6, 6.07) is 3.37. The fourth-order valence-electron chi connectivity index (χ4n) is 5.00. The first-order valence-corrected chi connectivity index (χ1v) is 10.9. The zero-order chi connectivity index (χ0) is 21.4. The lowest BCUT2D eigenvalue weighted by atomic mass is 9.79. The Morgan fingerprint density at radius 1 is 1.19 bits per heavy atom. The molecule has 2 fully saturated rings. The molecule has 4 heterocycles. The number of hydrogen-bond donors (Lipinski definition) is 0. The second kappa shape index (κ2) is 8.34. The van der Waals surface area contributed by atoms with Crippen LogP contribution in [0.2, 0.25) is 0 Å². The predicted molar refractivity (Wildman–Crippen MR) is 111 cm³/mol. The molecular formula is C23H26FN5O2. The summed E-state index contributed by atoms with van der Waals surface area (Å²) in [5, 5.41) is 5.74. The number of fused-ring (bicyclic) bond motifs is 1. The zero-order valence-electron chi connectivity index (χ0n) is 17.6. The van der Waals surface area contributed by atoms with Crippen molar-refractivity contribution in [2.24, 2.45) is 11.8 Å². The van der Waals surface area contributed by atoms with Gasteiger partial charge in [0.15, 0.2) is 5.65 Å². The smallest absolute Gasteiger partial charge is 0.249 e. The average molecular weight is 423 g/mol. The van der Waals surface area contributed by atoms with Crippen molar-refractivity contribution < 1.29 is 14.0 Å². The fraction of sp³-hybridized carbons (Fsp3) is 0.478. The van der Waals surface area contributed by atoms with Gasteiger partial charge in [-0.15, -0.1) is 0 Å². The van der Waals surface area contributed by atoms with Crippen molar-refractivity contribution in [1.29, 1.82) is 0 Å². The van der Waals surface area contributed by atoms with E-state index in [4.69, 9.17) is 4.84 Å². The molecule has 0 N–H and O–H groups in total. The SMILES string of the molecule is Cc1cc(CC2CCC(C(=O)N3OCC[C@H]3c3cncc(F)c3)CC2)cn2ncnc12. The van der Waals surface area contributed by atoms with Gasteiger partial charge in [0.2, 0.25) is 5.91 Å². The van der Waals surface area contributed by atoms with Crippen molar-refractivity contribution in [3.63, 3.8) is 0 Å². The Labute approximate surface area is 180 Å². The molecular weight excluding hydrogens is 397 g/mol. The summed E-state index contributed by atoms with van der Waals surface area (Å²) >= 11 is 0. The first kappa shape index (κ1) is 20.1. The van der Waals surface area contributed by atoms with E-state index in [2.05, 4.69) is 34.3 Å². The third kappa shape index (κ3) is 4.04. The Morgan fingerprint density at radius 2 is 2.03 bits per heavy atom. The van der Waals surface area contributed by atoms with Crippen molar-refractivity contribution in [3.05, 3.63) is 59.6 Å². The van der Waals surface area contributed by atoms with Crippen LogP contribution >= 0.6 is 0 Å². The average Bonchev–Trinajstić information content (AvgIpc) is 3.44. The molecule has 8 heteroatoms. The van der Waals surface area contributed by atoms with E-state index in [0.717, 1.165) is 43.3 Å². The summed E-state index contributed by atoms with van der Waals surface area (Å²) in [4.78, 5) is 27.0. The van der Waals surface area contributed by atoms with Gasteiger partial charge in [0.25, 0.3) is 0 Å². The highest BCUT2D eigenvalue weighted by Crippen LogP contribution is 2.37. The number of halogens is 1. The molecule has 0 radical (unpaired) electrons. The molecule has 7 nitrogen and oxygen atoms in total. The van der Waals surface area contributed by atoms with E-state index in [-0.39, 0.29) is 17.9 Å². The summed E-state index contributed by atoms with van der Waals surface area (Å²) in [5.41, 5.74) is 3.97. The molecule has 1 saturated heterocycles. The van der Waals surface area contributed by atoms with Crippen LogP contribution in [0.5, 0.6) is 0 Å². The Hall–Kier alpha value is -2.87. The Morgan fingerprint density at radius 3 is 2.84 bits per heavy atom. The number of hydroxylamine groups is 2. The molecule has 0 unspecified atom stereocenters. The Kier molecular flexibility index (Phi) is 5.40. The number of carbonyl (C=O) groups is 1. The summed E-state index contributed by atoms with van der Waals surface area (Å²) < 4.78 is 15.4. The minimum atomic E-state index is -0.392. The summed E-state index contributed by atoms with van der Waals surface area (Å²) in [6.07, 6.45) is 11.8. The Balaban J connectivity index is 1.21. The van der Waals surface area contributed by atoms with Crippen molar-refractivity contribution in [2.75, 3.05) is 6.61 Å². The monoisotopic (exact) mass is 423 g/mol. The molecule has 3 aromatic heterocycles. The van der Waals surface area contributed by atoms with Crippen LogP contribution in [-0.4, -0.2) is 37.2 Å². The topological polar surface area (TPSA) is 72.6 Å². The number of hydrogen-bond acceptors (Lipinski definition) is 5. The van der Waals surface area contributed by atoms with Crippen LogP contribution in [0.4, 0.5) is 4.39 Å². The largest absolute Gasteiger partial charge is 0.272 e. The van der Waals surface area contributed by atoms with Gasteiger partial charge in [0, 0.05) is 24.7 Å². The summed E-state index contributed by atoms with van der Waals surface area (Å²) in [7, 11) is 0. The van der Waals surface area contributed by atoms with Gasteiger partial charge in [-0.3, -0.25) is 14.6 Å². The molecule has 1 aliphatic heterocycles. The molecule has 162 valence electrons. The molecule has 3 aromatic rings. The van der Waals surface area contributed by atoms with Crippen molar-refractivity contribution in [3.8, 4) is 0 Å². The lowest BCUT2D eigenvalue weighted by Crippen LogP contribution is -2.36. The van der Waals surface area contributed by atoms with E-state index in [1.807, 2.05) is 4.52 Å². The highest BCUT2D eigenvalue weighted by molar-refractivity contribution is 5.78. The number of aromatic nitrogens is 4. The molecule has 0 aromatic carbocycles. The second-order valence-electron chi connectivity index (χ2n) is 8.72. The van der Waals surface area contributed by atoms with E-state index >= 15 is 0 Å². The van der Waals surface area contributed by atoms with Crippen LogP contribution in [0.25, 0.3) is 5.65 Å². The Bertz CT molecular complexity index is 1090. The van der Waals surface area contributed by atoms with E-state index in [9.17, 15) is 9.18 Å². The van der Waals surface area contributed by atoms with Gasteiger partial charge in [-0.05, 0) is 67.7 Å². The normalized spacial score (nSPS) is 24.1. The molecule has 1 atom stereocenters. The van der Waals surface area contributed by atoms with E-state index in [0.29, 0.717) is 24.5 Å². The van der Waals surface area contributed by atoms with Crippen LogP contribution in [0.15, 0.2) is 37.1 Å². The maximum atomic E-state index is 13.6. The molecule has 1 amide bonds. The van der Waals surface area contributed by atoms with Crippen LogP contribution < -0.4 is 0 Å². The van der Waals surface area contributed by atoms with Gasteiger partial charge in [-0.2, -0.15) is 5.10 Å². The fourth-order valence-corrected chi connectivity index (χ4v) is 5.00. The van der Waals surface area contributed by atoms with Crippen LogP contribution in [0.1, 0.15) is 54.8 Å². The minimum Gasteiger partial charge on any atom is -0.272 e. The predicted octanol–water partition coefficient (Wildman–Crippen LogP) is 3.83. The highest BCUT2D eigenvalue weighted by Gasteiger charge is 2.37. The third-order valence-electron chi connectivity index (χ3n) is 6.57. The number of amides is 1. The molecule has 0 spiro atoms. The van der Waals surface area contributed by atoms with Gasteiger partial charge < -0.3 is 0 Å². The molecule has 1 aliphatic carbocycles. The number of nitrogens with zero attached hydrogens (tertiary/aromatic N) is 5. The number of carbonyl (C=O) groups excluding carboxylic acids is 1. The molecule has 1 saturated carbocycles. The molecule has 31 heavy (non-hydrogen) atoms. The molecule has 2 aliphatic rings. The van der Waals surface area contributed by atoms with Crippen LogP contribution in [-0.2, 0) is 16.1 Å². The van der Waals surface area contributed by atoms with Gasteiger partial charge in [0.1, 0.15) is 12.1 Å². The quantitative estimate of drug-likeness (QED) is 0.638. The minimum absolute atomic E-state index is 0.0186. The second-order valence-corrected chi connectivity index (χ2v) is 8.72. The van der Waals surface area contributed by atoms with Gasteiger partial charge in [-0.25, -0.2) is 19.0 Å². The van der Waals surface area contributed by atoms with Gasteiger partial charge in [-0.1, -0.05) is 6.07 Å². The van der Waals surface area contributed by atoms with Gasteiger partial charge >= 0.3 is 0 Å². The van der Waals surface area contributed by atoms with E-state index < -0.39 is 5.82 Å².